The molecule has 108 valence electrons. The number of hydrogen-bond donors (Lipinski definition) is 1. The van der Waals surface area contributed by atoms with Crippen molar-refractivity contribution in [3.63, 3.8) is 0 Å². The maximum Gasteiger partial charge on any atom is 0.270 e. The maximum atomic E-state index is 11.7. The van der Waals surface area contributed by atoms with Crippen LogP contribution < -0.4 is 4.90 Å². The first-order chi connectivity index (χ1) is 9.40. The summed E-state index contributed by atoms with van der Waals surface area (Å²) in [6, 6.07) is 4.30. The molecule has 0 aromatic heterocycles. The van der Waals surface area contributed by atoms with Crippen molar-refractivity contribution in [1.29, 1.82) is 0 Å². The number of non-ortho nitro benzene ring substituents is 1. The predicted octanol–water partition coefficient (Wildman–Crippen LogP) is 2.00. The molecule has 0 bridgehead atoms. The zero-order valence-corrected chi connectivity index (χ0v) is 11.6. The number of ketones is 1. The van der Waals surface area contributed by atoms with E-state index in [2.05, 4.69) is 0 Å². The molecule has 2 atom stereocenters. The first-order valence-electron chi connectivity index (χ1n) is 6.62. The number of nitro benzene ring substituents is 1. The fraction of sp³-hybridized carbons (Fsp3) is 0.500. The van der Waals surface area contributed by atoms with Crippen molar-refractivity contribution >= 4 is 17.2 Å². The molecular weight excluding hydrogens is 260 g/mol. The molecule has 1 N–H and O–H groups in total. The summed E-state index contributed by atoms with van der Waals surface area (Å²) in [5.74, 6) is 0.0156. The van der Waals surface area contributed by atoms with E-state index in [4.69, 9.17) is 0 Å². The van der Waals surface area contributed by atoms with Gasteiger partial charge in [-0.2, -0.15) is 0 Å². The minimum Gasteiger partial charge on any atom is -0.391 e. The SMILES string of the molecule is CC(=O)c1cc([N+](=O)[O-])ccc1N1CCC(C)C(O)C1. The zero-order valence-electron chi connectivity index (χ0n) is 11.6. The highest BCUT2D eigenvalue weighted by Crippen LogP contribution is 2.29. The summed E-state index contributed by atoms with van der Waals surface area (Å²) >= 11 is 0. The van der Waals surface area contributed by atoms with Crippen LogP contribution in [0.15, 0.2) is 18.2 Å². The average molecular weight is 278 g/mol. The van der Waals surface area contributed by atoms with Crippen molar-refractivity contribution in [2.24, 2.45) is 5.92 Å². The number of carbonyl (C=O) groups excluding carboxylic acids is 1. The van der Waals surface area contributed by atoms with Gasteiger partial charge in [0.05, 0.1) is 11.0 Å². The fourth-order valence-corrected chi connectivity index (χ4v) is 2.46. The zero-order chi connectivity index (χ0) is 14.9. The highest BCUT2D eigenvalue weighted by molar-refractivity contribution is 6.00. The topological polar surface area (TPSA) is 83.7 Å². The summed E-state index contributed by atoms with van der Waals surface area (Å²) in [6.45, 7) is 4.56. The molecule has 6 nitrogen and oxygen atoms in total. The van der Waals surface area contributed by atoms with Crippen LogP contribution in [0.5, 0.6) is 0 Å². The Morgan fingerprint density at radius 1 is 1.50 bits per heavy atom. The summed E-state index contributed by atoms with van der Waals surface area (Å²) in [5, 5.41) is 20.7. The fourth-order valence-electron chi connectivity index (χ4n) is 2.46. The van der Waals surface area contributed by atoms with E-state index in [1.165, 1.54) is 19.1 Å². The Labute approximate surface area is 117 Å². The molecule has 1 fully saturated rings. The second-order valence-electron chi connectivity index (χ2n) is 5.29. The molecule has 1 heterocycles. The van der Waals surface area contributed by atoms with E-state index in [-0.39, 0.29) is 17.4 Å². The van der Waals surface area contributed by atoms with Gasteiger partial charge >= 0.3 is 0 Å². The molecule has 6 heteroatoms. The van der Waals surface area contributed by atoms with Crippen molar-refractivity contribution in [3.8, 4) is 0 Å². The second kappa shape index (κ2) is 5.58. The van der Waals surface area contributed by atoms with E-state index in [1.54, 1.807) is 6.07 Å². The number of carbonyl (C=O) groups is 1. The van der Waals surface area contributed by atoms with Gasteiger partial charge < -0.3 is 10.0 Å². The van der Waals surface area contributed by atoms with Crippen molar-refractivity contribution in [3.05, 3.63) is 33.9 Å². The van der Waals surface area contributed by atoms with Crippen molar-refractivity contribution in [2.45, 2.75) is 26.4 Å². The van der Waals surface area contributed by atoms with E-state index in [1.807, 2.05) is 11.8 Å². The lowest BCUT2D eigenvalue weighted by Gasteiger charge is -2.36. The van der Waals surface area contributed by atoms with E-state index in [0.717, 1.165) is 13.0 Å². The van der Waals surface area contributed by atoms with Crippen molar-refractivity contribution < 1.29 is 14.8 Å². The highest BCUT2D eigenvalue weighted by Gasteiger charge is 2.27. The molecule has 1 saturated heterocycles. The average Bonchev–Trinajstić information content (AvgIpc) is 2.41. The number of aliphatic hydroxyl groups is 1. The summed E-state index contributed by atoms with van der Waals surface area (Å²) < 4.78 is 0. The highest BCUT2D eigenvalue weighted by atomic mass is 16.6. The van der Waals surface area contributed by atoms with Gasteiger partial charge in [-0.25, -0.2) is 0 Å². The number of Topliss-reactive ketones (excluding diaryl/α,β-unsaturated/α-hetero) is 1. The molecule has 1 aromatic carbocycles. The van der Waals surface area contributed by atoms with Gasteiger partial charge in [-0.1, -0.05) is 6.92 Å². The number of rotatable bonds is 3. The Morgan fingerprint density at radius 2 is 2.20 bits per heavy atom. The molecule has 1 aliphatic rings. The first kappa shape index (κ1) is 14.5. The third-order valence-corrected chi connectivity index (χ3v) is 3.83. The Kier molecular flexibility index (Phi) is 4.04. The molecule has 0 amide bonds. The number of benzene rings is 1. The Hall–Kier alpha value is -1.95. The van der Waals surface area contributed by atoms with Gasteiger partial charge in [0, 0.05) is 36.5 Å². The van der Waals surface area contributed by atoms with Crippen molar-refractivity contribution in [1.82, 2.24) is 0 Å². The van der Waals surface area contributed by atoms with E-state index < -0.39 is 11.0 Å². The second-order valence-corrected chi connectivity index (χ2v) is 5.29. The summed E-state index contributed by atoms with van der Waals surface area (Å²) in [6.07, 6.45) is 0.383. The number of nitrogens with zero attached hydrogens (tertiary/aromatic N) is 2. The number of anilines is 1. The Balaban J connectivity index is 2.36. The van der Waals surface area contributed by atoms with Gasteiger partial charge in [0.1, 0.15) is 0 Å². The van der Waals surface area contributed by atoms with E-state index in [0.29, 0.717) is 17.8 Å². The number of aliphatic hydroxyl groups excluding tert-OH is 1. The summed E-state index contributed by atoms with van der Waals surface area (Å²) in [4.78, 5) is 23.9. The van der Waals surface area contributed by atoms with Crippen LogP contribution in [0, 0.1) is 16.0 Å². The summed E-state index contributed by atoms with van der Waals surface area (Å²) in [5.41, 5.74) is 0.903. The van der Waals surface area contributed by atoms with Crippen LogP contribution >= 0.6 is 0 Å². The van der Waals surface area contributed by atoms with Gasteiger partial charge in [0.15, 0.2) is 5.78 Å². The quantitative estimate of drug-likeness (QED) is 0.519. The predicted molar refractivity (Wildman–Crippen MR) is 75.1 cm³/mol. The molecule has 2 rings (SSSR count). The van der Waals surface area contributed by atoms with Crippen LogP contribution in [-0.4, -0.2) is 35.0 Å². The van der Waals surface area contributed by atoms with Crippen LogP contribution in [0.2, 0.25) is 0 Å². The van der Waals surface area contributed by atoms with Crippen LogP contribution in [0.4, 0.5) is 11.4 Å². The van der Waals surface area contributed by atoms with Gasteiger partial charge in [0.25, 0.3) is 5.69 Å². The lowest BCUT2D eigenvalue weighted by Crippen LogP contribution is -2.43. The molecule has 1 aliphatic heterocycles. The third-order valence-electron chi connectivity index (χ3n) is 3.83. The Bertz CT molecular complexity index is 544. The minimum atomic E-state index is -0.511. The minimum absolute atomic E-state index is 0.0927. The van der Waals surface area contributed by atoms with Crippen LogP contribution in [-0.2, 0) is 0 Å². The maximum absolute atomic E-state index is 11.7. The lowest BCUT2D eigenvalue weighted by atomic mass is 9.94. The molecular formula is C14H18N2O4. The molecule has 0 radical (unpaired) electrons. The molecule has 0 saturated carbocycles. The molecule has 20 heavy (non-hydrogen) atoms. The van der Waals surface area contributed by atoms with Gasteiger partial charge in [-0.05, 0) is 25.3 Å². The van der Waals surface area contributed by atoms with Crippen LogP contribution in [0.1, 0.15) is 30.6 Å². The lowest BCUT2D eigenvalue weighted by molar-refractivity contribution is -0.384. The van der Waals surface area contributed by atoms with Crippen LogP contribution in [0.3, 0.4) is 0 Å². The van der Waals surface area contributed by atoms with E-state index in [9.17, 15) is 20.0 Å². The number of piperidine rings is 1. The summed E-state index contributed by atoms with van der Waals surface area (Å²) in [7, 11) is 0. The monoisotopic (exact) mass is 278 g/mol. The first-order valence-corrected chi connectivity index (χ1v) is 6.62. The molecule has 0 aliphatic carbocycles. The van der Waals surface area contributed by atoms with Crippen molar-refractivity contribution in [2.75, 3.05) is 18.0 Å². The number of β-amino-alcohol motifs (C(OH)–C–C–N with tert-alkyl or cyclic N) is 1. The molecule has 0 spiro atoms. The van der Waals surface area contributed by atoms with Gasteiger partial charge in [0.2, 0.25) is 0 Å². The van der Waals surface area contributed by atoms with Gasteiger partial charge in [-0.15, -0.1) is 0 Å². The van der Waals surface area contributed by atoms with E-state index >= 15 is 0 Å². The van der Waals surface area contributed by atoms with Crippen LogP contribution in [0.25, 0.3) is 0 Å². The number of hydrogen-bond acceptors (Lipinski definition) is 5. The number of nitro groups is 1. The van der Waals surface area contributed by atoms with Gasteiger partial charge in [-0.3, -0.25) is 14.9 Å². The molecule has 1 aromatic rings. The standard InChI is InChI=1S/C14H18N2O4/c1-9-5-6-15(8-14(9)18)13-4-3-11(16(19)20)7-12(13)10(2)17/h3-4,7,9,14,18H,5-6,8H2,1-2H3. The molecule has 2 unspecified atom stereocenters. The largest absolute Gasteiger partial charge is 0.391 e. The smallest absolute Gasteiger partial charge is 0.270 e. The normalized spacial score (nSPS) is 22.6. The Morgan fingerprint density at radius 3 is 2.75 bits per heavy atom. The third kappa shape index (κ3) is 2.80.